The minimum Gasteiger partial charge on any atom is -0.336 e. The van der Waals surface area contributed by atoms with E-state index in [0.717, 1.165) is 4.90 Å². The molecule has 13 nitrogen and oxygen atoms in total. The van der Waals surface area contributed by atoms with Crippen molar-refractivity contribution in [2.75, 3.05) is 32.8 Å². The van der Waals surface area contributed by atoms with Crippen LogP contribution in [-0.2, 0) is 24.3 Å². The first-order valence-electron chi connectivity index (χ1n) is 7.97. The molecule has 0 saturated carbocycles. The molecular formula is C12H19N5O8S. The molecule has 146 valence electrons. The number of hydrogen-bond acceptors (Lipinski definition) is 7. The molecule has 0 radical (unpaired) electrons. The number of nitrogens with zero attached hydrogens (tertiary/aromatic N) is 3. The van der Waals surface area contributed by atoms with Crippen molar-refractivity contribution in [1.29, 1.82) is 0 Å². The van der Waals surface area contributed by atoms with E-state index in [1.54, 1.807) is 0 Å². The monoisotopic (exact) mass is 393 g/mol. The Balaban J connectivity index is 1.48. The topological polar surface area (TPSA) is 158 Å². The molecule has 3 N–H and O–H groups in total. The molecule has 3 aliphatic rings. The standard InChI is InChI=1S/C12H19N5O8S/c18-10(14-24-6-5-15-4-3-13-11(15)19)9-2-1-8-7-16(9)12(20)17(8)25-26(21,22)23/h8-9H,1-7H2,(H,13,19)(H,14,18)(H,21,22,23)/t8-,9+/m1/s1. The number of rotatable bonds is 7. The molecule has 0 aliphatic carbocycles. The van der Waals surface area contributed by atoms with E-state index in [1.807, 2.05) is 0 Å². The molecule has 3 aliphatic heterocycles. The normalized spacial score (nSPS) is 25.7. The Labute approximate surface area is 149 Å². The van der Waals surface area contributed by atoms with Gasteiger partial charge in [0.1, 0.15) is 6.04 Å². The summed E-state index contributed by atoms with van der Waals surface area (Å²) in [4.78, 5) is 43.5. The fraction of sp³-hybridized carbons (Fsp3) is 0.750. The maximum Gasteiger partial charge on any atom is 0.418 e. The molecule has 14 heteroatoms. The lowest BCUT2D eigenvalue weighted by Gasteiger charge is -2.29. The van der Waals surface area contributed by atoms with E-state index < -0.39 is 34.4 Å². The van der Waals surface area contributed by atoms with Crippen LogP contribution in [-0.4, -0.2) is 90.7 Å². The Morgan fingerprint density at radius 3 is 2.77 bits per heavy atom. The molecule has 0 aromatic rings. The first-order chi connectivity index (χ1) is 12.3. The van der Waals surface area contributed by atoms with Crippen molar-refractivity contribution < 1.29 is 36.5 Å². The van der Waals surface area contributed by atoms with E-state index in [-0.39, 0.29) is 25.6 Å². The Hall–Kier alpha value is -2.16. The highest BCUT2D eigenvalue weighted by atomic mass is 32.3. The summed E-state index contributed by atoms with van der Waals surface area (Å²) in [5.74, 6) is -0.559. The van der Waals surface area contributed by atoms with Crippen LogP contribution in [0.4, 0.5) is 9.59 Å². The predicted molar refractivity (Wildman–Crippen MR) is 82.5 cm³/mol. The number of hydrogen-bond donors (Lipinski definition) is 3. The summed E-state index contributed by atoms with van der Waals surface area (Å²) < 4.78 is 34.7. The van der Waals surface area contributed by atoms with Crippen molar-refractivity contribution >= 4 is 28.4 Å². The Morgan fingerprint density at radius 2 is 2.12 bits per heavy atom. The molecule has 0 aromatic carbocycles. The second-order valence-corrected chi connectivity index (χ2v) is 7.05. The van der Waals surface area contributed by atoms with Crippen LogP contribution in [0.3, 0.4) is 0 Å². The minimum atomic E-state index is -4.83. The van der Waals surface area contributed by atoms with Crippen LogP contribution in [0.2, 0.25) is 0 Å². The van der Waals surface area contributed by atoms with Crippen LogP contribution in [0.25, 0.3) is 0 Å². The van der Waals surface area contributed by atoms with Crippen molar-refractivity contribution in [2.45, 2.75) is 24.9 Å². The lowest BCUT2D eigenvalue weighted by atomic mass is 10.0. The molecule has 3 rings (SSSR count). The van der Waals surface area contributed by atoms with Gasteiger partial charge >= 0.3 is 22.5 Å². The number of amides is 5. The quantitative estimate of drug-likeness (QED) is 0.256. The zero-order valence-corrected chi connectivity index (χ0v) is 14.5. The molecule has 3 heterocycles. The van der Waals surface area contributed by atoms with E-state index in [9.17, 15) is 22.8 Å². The van der Waals surface area contributed by atoms with E-state index in [2.05, 4.69) is 15.1 Å². The average Bonchev–Trinajstić information content (AvgIpc) is 3.08. The Kier molecular flexibility index (Phi) is 5.17. The molecule has 0 unspecified atom stereocenters. The first-order valence-corrected chi connectivity index (χ1v) is 9.34. The molecule has 3 saturated heterocycles. The second-order valence-electron chi connectivity index (χ2n) is 6.04. The number of fused-ring (bicyclic) bond motifs is 2. The van der Waals surface area contributed by atoms with Crippen LogP contribution in [0.1, 0.15) is 12.8 Å². The lowest BCUT2D eigenvalue weighted by Crippen LogP contribution is -2.50. The number of nitrogens with one attached hydrogen (secondary N) is 2. The third kappa shape index (κ3) is 3.98. The van der Waals surface area contributed by atoms with E-state index in [0.29, 0.717) is 31.1 Å². The fourth-order valence-corrected chi connectivity index (χ4v) is 3.56. The van der Waals surface area contributed by atoms with Gasteiger partial charge in [-0.3, -0.25) is 14.2 Å². The van der Waals surface area contributed by atoms with Gasteiger partial charge in [-0.1, -0.05) is 0 Å². The molecular weight excluding hydrogens is 374 g/mol. The van der Waals surface area contributed by atoms with Crippen LogP contribution in [0.15, 0.2) is 0 Å². The maximum atomic E-state index is 12.2. The number of urea groups is 2. The molecule has 2 bridgehead atoms. The largest absolute Gasteiger partial charge is 0.418 e. The smallest absolute Gasteiger partial charge is 0.336 e. The van der Waals surface area contributed by atoms with Crippen molar-refractivity contribution in [1.82, 2.24) is 25.7 Å². The highest BCUT2D eigenvalue weighted by Gasteiger charge is 2.49. The van der Waals surface area contributed by atoms with Crippen LogP contribution in [0.5, 0.6) is 0 Å². The summed E-state index contributed by atoms with van der Waals surface area (Å²) in [6, 6.07) is -2.43. The summed E-state index contributed by atoms with van der Waals surface area (Å²) in [6.45, 7) is 1.61. The SMILES string of the molecule is O=C(NOCCN1CCNC1=O)[C@@H]1CC[C@@H]2CN1C(=O)N2OS(=O)(=O)O. The van der Waals surface area contributed by atoms with Gasteiger partial charge in [-0.25, -0.2) is 15.1 Å². The number of hydroxylamine groups is 3. The van der Waals surface area contributed by atoms with Gasteiger partial charge in [0.25, 0.3) is 5.91 Å². The highest BCUT2D eigenvalue weighted by molar-refractivity contribution is 7.80. The highest BCUT2D eigenvalue weighted by Crippen LogP contribution is 2.30. The van der Waals surface area contributed by atoms with Gasteiger partial charge in [0.15, 0.2) is 0 Å². The second kappa shape index (κ2) is 7.22. The van der Waals surface area contributed by atoms with Crippen molar-refractivity contribution in [2.24, 2.45) is 0 Å². The van der Waals surface area contributed by atoms with E-state index >= 15 is 0 Å². The lowest BCUT2D eigenvalue weighted by molar-refractivity contribution is -0.139. The summed E-state index contributed by atoms with van der Waals surface area (Å²) in [7, 11) is -4.83. The fourth-order valence-electron chi connectivity index (χ4n) is 3.17. The first kappa shape index (κ1) is 18.6. The number of piperidine rings is 1. The predicted octanol–water partition coefficient (Wildman–Crippen LogP) is -1.94. The van der Waals surface area contributed by atoms with Crippen molar-refractivity contribution in [3.05, 3.63) is 0 Å². The summed E-state index contributed by atoms with van der Waals surface area (Å²) in [5.41, 5.74) is 2.24. The molecule has 0 aromatic heterocycles. The van der Waals surface area contributed by atoms with Gasteiger partial charge in [0.05, 0.1) is 12.6 Å². The van der Waals surface area contributed by atoms with Crippen molar-refractivity contribution in [3.63, 3.8) is 0 Å². The Morgan fingerprint density at radius 1 is 1.35 bits per heavy atom. The summed E-state index contributed by atoms with van der Waals surface area (Å²) >= 11 is 0. The molecule has 2 atom stereocenters. The Bertz CT molecular complexity index is 700. The minimum absolute atomic E-state index is 0.0838. The molecule has 0 spiro atoms. The van der Waals surface area contributed by atoms with E-state index in [4.69, 9.17) is 9.39 Å². The molecule has 26 heavy (non-hydrogen) atoms. The molecule has 3 fully saturated rings. The van der Waals surface area contributed by atoms with Crippen LogP contribution < -0.4 is 10.8 Å². The van der Waals surface area contributed by atoms with Gasteiger partial charge in [0.2, 0.25) is 0 Å². The van der Waals surface area contributed by atoms with Gasteiger partial charge in [-0.2, -0.15) is 13.5 Å². The summed E-state index contributed by atoms with van der Waals surface area (Å²) in [6.07, 6.45) is 0.606. The zero-order valence-electron chi connectivity index (χ0n) is 13.7. The van der Waals surface area contributed by atoms with Gasteiger partial charge in [-0.05, 0) is 12.8 Å². The van der Waals surface area contributed by atoms with Crippen molar-refractivity contribution in [3.8, 4) is 0 Å². The third-order valence-electron chi connectivity index (χ3n) is 4.38. The van der Waals surface area contributed by atoms with Crippen LogP contribution in [0, 0.1) is 0 Å². The molecule has 5 amide bonds. The maximum absolute atomic E-state index is 12.2. The van der Waals surface area contributed by atoms with Gasteiger partial charge in [-0.15, -0.1) is 4.28 Å². The average molecular weight is 393 g/mol. The number of carbonyl (C=O) groups excluding carboxylic acids is 3. The van der Waals surface area contributed by atoms with E-state index in [1.165, 1.54) is 4.90 Å². The van der Waals surface area contributed by atoms with Crippen LogP contribution >= 0.6 is 0 Å². The summed E-state index contributed by atoms with van der Waals surface area (Å²) in [5, 5.41) is 3.20. The zero-order chi connectivity index (χ0) is 18.9. The van der Waals surface area contributed by atoms with Gasteiger partial charge in [0, 0.05) is 26.2 Å². The third-order valence-corrected chi connectivity index (χ3v) is 4.73. The number of carbonyl (C=O) groups is 3. The van der Waals surface area contributed by atoms with Gasteiger partial charge < -0.3 is 15.1 Å².